The number of rotatable bonds is 2. The normalized spacial score (nSPS) is 14.9. The van der Waals surface area contributed by atoms with Crippen LogP contribution in [0.15, 0.2) is 42.5 Å². The van der Waals surface area contributed by atoms with E-state index in [4.69, 9.17) is 0 Å². The van der Waals surface area contributed by atoms with Crippen LogP contribution in [0.25, 0.3) is 11.1 Å². The molecule has 0 saturated carbocycles. The zero-order valence-electron chi connectivity index (χ0n) is 12.5. The summed E-state index contributed by atoms with van der Waals surface area (Å²) < 4.78 is 0. The van der Waals surface area contributed by atoms with Crippen LogP contribution in [0.1, 0.15) is 38.8 Å². The molecular weight excluding hydrogens is 393 g/mol. The maximum absolute atomic E-state index is 3.47. The van der Waals surface area contributed by atoms with Crippen LogP contribution in [0.2, 0.25) is 0 Å². The molecule has 1 radical (unpaired) electrons. The molecule has 0 heterocycles. The molecule has 0 aromatic heterocycles. The summed E-state index contributed by atoms with van der Waals surface area (Å²) in [5, 5.41) is 0. The molecule has 0 amide bonds. The van der Waals surface area contributed by atoms with Gasteiger partial charge in [0.15, 0.2) is 0 Å². The monoisotopic (exact) mass is 414 g/mol. The predicted octanol–water partition coefficient (Wildman–Crippen LogP) is 5.07. The molecule has 0 unspecified atom stereocenters. The third-order valence-corrected chi connectivity index (χ3v) is 4.77. The number of hydrogen-bond donors (Lipinski definition) is 0. The van der Waals surface area contributed by atoms with Crippen molar-refractivity contribution in [2.24, 2.45) is 11.8 Å². The summed E-state index contributed by atoms with van der Waals surface area (Å²) in [6, 6.07) is 18.8. The molecule has 0 aliphatic heterocycles. The van der Waals surface area contributed by atoms with Gasteiger partial charge in [-0.25, -0.2) is 0 Å². The van der Waals surface area contributed by atoms with Gasteiger partial charge >= 0.3 is 0 Å². The maximum Gasteiger partial charge on any atom is 0 e. The van der Waals surface area contributed by atoms with E-state index in [0.29, 0.717) is 11.8 Å². The summed E-state index contributed by atoms with van der Waals surface area (Å²) in [4.78, 5) is 0. The molecule has 0 bridgehead atoms. The summed E-state index contributed by atoms with van der Waals surface area (Å²) in [6.45, 7) is 9.38. The van der Waals surface area contributed by atoms with Crippen LogP contribution in [-0.2, 0) is 5.41 Å². The molecule has 1 heteroatoms. The van der Waals surface area contributed by atoms with Crippen molar-refractivity contribution in [3.05, 3.63) is 59.7 Å². The van der Waals surface area contributed by atoms with Crippen molar-refractivity contribution in [2.45, 2.75) is 33.1 Å². The SMILES string of the molecule is CC(C)C1(C(C)C)c2ccc[c-]c2-c2ccccc21.[Ho]. The van der Waals surface area contributed by atoms with Crippen LogP contribution in [0.4, 0.5) is 0 Å². The van der Waals surface area contributed by atoms with E-state index in [9.17, 15) is 0 Å². The first-order chi connectivity index (χ1) is 9.10. The average Bonchev–Trinajstić information content (AvgIpc) is 2.70. The van der Waals surface area contributed by atoms with Gasteiger partial charge in [0.05, 0.1) is 0 Å². The van der Waals surface area contributed by atoms with Crippen LogP contribution in [0.3, 0.4) is 0 Å². The van der Waals surface area contributed by atoms with Gasteiger partial charge in [-0.2, -0.15) is 0 Å². The van der Waals surface area contributed by atoms with Crippen molar-refractivity contribution >= 4 is 0 Å². The molecule has 1 aliphatic rings. The number of fused-ring (bicyclic) bond motifs is 3. The fourth-order valence-corrected chi connectivity index (χ4v) is 4.12. The molecule has 0 N–H and O–H groups in total. The van der Waals surface area contributed by atoms with Gasteiger partial charge in [-0.3, -0.25) is 0 Å². The molecule has 3 rings (SSSR count). The van der Waals surface area contributed by atoms with Crippen molar-refractivity contribution in [3.8, 4) is 11.1 Å². The zero-order chi connectivity index (χ0) is 13.6. The van der Waals surface area contributed by atoms with Gasteiger partial charge in [0.1, 0.15) is 0 Å². The van der Waals surface area contributed by atoms with Gasteiger partial charge < -0.3 is 0 Å². The first kappa shape index (κ1) is 16.1. The number of hydrogen-bond acceptors (Lipinski definition) is 0. The van der Waals surface area contributed by atoms with Gasteiger partial charge in [-0.1, -0.05) is 63.1 Å². The van der Waals surface area contributed by atoms with E-state index in [1.165, 1.54) is 22.3 Å². The van der Waals surface area contributed by atoms with Gasteiger partial charge in [0.2, 0.25) is 0 Å². The molecule has 0 fully saturated rings. The molecule has 0 saturated heterocycles. The quantitative estimate of drug-likeness (QED) is 0.476. The molecule has 0 spiro atoms. The zero-order valence-corrected chi connectivity index (χ0v) is 14.4. The van der Waals surface area contributed by atoms with Crippen molar-refractivity contribution in [1.82, 2.24) is 0 Å². The van der Waals surface area contributed by atoms with Crippen LogP contribution < -0.4 is 0 Å². The second-order valence-corrected chi connectivity index (χ2v) is 6.18. The summed E-state index contributed by atoms with van der Waals surface area (Å²) in [6.07, 6.45) is 0. The minimum absolute atomic E-state index is 0. The fraction of sp³-hybridized carbons (Fsp3) is 0.368. The van der Waals surface area contributed by atoms with E-state index in [0.717, 1.165) is 0 Å². The maximum atomic E-state index is 3.47. The van der Waals surface area contributed by atoms with Gasteiger partial charge in [-0.05, 0) is 17.3 Å². The van der Waals surface area contributed by atoms with Crippen molar-refractivity contribution in [2.75, 3.05) is 0 Å². The summed E-state index contributed by atoms with van der Waals surface area (Å²) >= 11 is 0. The smallest absolute Gasteiger partial charge is 0 e. The van der Waals surface area contributed by atoms with Crippen LogP contribution in [0.5, 0.6) is 0 Å². The van der Waals surface area contributed by atoms with Gasteiger partial charge in [0, 0.05) is 37.7 Å². The Balaban J connectivity index is 0.00000147. The first-order valence-electron chi connectivity index (χ1n) is 7.21. The van der Waals surface area contributed by atoms with Crippen LogP contribution in [-0.4, -0.2) is 0 Å². The van der Waals surface area contributed by atoms with Crippen LogP contribution in [0, 0.1) is 55.6 Å². The molecule has 20 heavy (non-hydrogen) atoms. The van der Waals surface area contributed by atoms with Gasteiger partial charge in [-0.15, -0.1) is 35.4 Å². The van der Waals surface area contributed by atoms with E-state index in [2.05, 4.69) is 70.2 Å². The Kier molecular flexibility index (Phi) is 4.69. The van der Waals surface area contributed by atoms with Crippen molar-refractivity contribution in [1.29, 1.82) is 0 Å². The Bertz CT molecular complexity index is 555. The topological polar surface area (TPSA) is 0 Å². The van der Waals surface area contributed by atoms with Crippen LogP contribution >= 0.6 is 0 Å². The summed E-state index contributed by atoms with van der Waals surface area (Å²) in [7, 11) is 0. The van der Waals surface area contributed by atoms with E-state index in [1.807, 2.05) is 6.07 Å². The second kappa shape index (κ2) is 5.83. The molecule has 109 valence electrons. The second-order valence-electron chi connectivity index (χ2n) is 6.18. The third-order valence-electron chi connectivity index (χ3n) is 4.77. The fourth-order valence-electron chi connectivity index (χ4n) is 4.12. The molecule has 1 aliphatic carbocycles. The minimum Gasteiger partial charge on any atom is -0.147 e. The van der Waals surface area contributed by atoms with E-state index < -0.39 is 0 Å². The standard InChI is InChI=1S/C19H21.Ho/c1-13(2)19(14(3)4)17-11-7-5-9-15(17)16-10-6-8-12-18(16)19;/h5-9,11-14H,1-4H3;/q-1;. The van der Waals surface area contributed by atoms with E-state index in [1.54, 1.807) is 0 Å². The Labute approximate surface area is 152 Å². The predicted molar refractivity (Wildman–Crippen MR) is 81.2 cm³/mol. The van der Waals surface area contributed by atoms with Crippen molar-refractivity contribution in [3.63, 3.8) is 0 Å². The Morgan fingerprint density at radius 2 is 1.45 bits per heavy atom. The third kappa shape index (κ3) is 2.00. The summed E-state index contributed by atoms with van der Waals surface area (Å²) in [5.74, 6) is 1.15. The molecule has 2 aromatic rings. The van der Waals surface area contributed by atoms with Crippen molar-refractivity contribution < 1.29 is 37.7 Å². The van der Waals surface area contributed by atoms with E-state index in [-0.39, 0.29) is 43.2 Å². The first-order valence-corrected chi connectivity index (χ1v) is 7.21. The summed E-state index contributed by atoms with van der Waals surface area (Å²) in [5.41, 5.74) is 5.75. The average molecular weight is 414 g/mol. The Morgan fingerprint density at radius 1 is 0.850 bits per heavy atom. The molecule has 0 atom stereocenters. The largest absolute Gasteiger partial charge is 0.147 e. The molecule has 0 nitrogen and oxygen atoms in total. The minimum atomic E-state index is 0. The Hall–Kier alpha value is -0.300. The molecular formula is C19H21Ho-. The Morgan fingerprint density at radius 3 is 2.10 bits per heavy atom. The van der Waals surface area contributed by atoms with Gasteiger partial charge in [0.25, 0.3) is 0 Å². The number of benzene rings is 2. The van der Waals surface area contributed by atoms with E-state index >= 15 is 0 Å². The molecule has 2 aromatic carbocycles.